The summed E-state index contributed by atoms with van der Waals surface area (Å²) in [7, 11) is 1.86. The normalized spacial score (nSPS) is 11.5. The predicted octanol–water partition coefficient (Wildman–Crippen LogP) is 4.69. The number of fused-ring (bicyclic) bond motifs is 1. The summed E-state index contributed by atoms with van der Waals surface area (Å²) in [5.74, 6) is -2.91. The Bertz CT molecular complexity index is 1410. The molecule has 1 aromatic heterocycles. The van der Waals surface area contributed by atoms with Crippen LogP contribution in [0.5, 0.6) is 5.75 Å². The first-order valence-electron chi connectivity index (χ1n) is 10.0. The molecule has 180 valence electrons. The van der Waals surface area contributed by atoms with Crippen molar-refractivity contribution in [3.8, 4) is 5.75 Å². The van der Waals surface area contributed by atoms with Crippen LogP contribution in [0.2, 0.25) is 5.02 Å². The molecular formula is C22H15BClF5N4O2. The minimum atomic E-state index is -4.65. The maximum Gasteiger partial charge on any atom is 0.422 e. The Hall–Kier alpha value is -3.80. The fourth-order valence-corrected chi connectivity index (χ4v) is 3.35. The molecular weight excluding hydrogens is 494 g/mol. The van der Waals surface area contributed by atoms with Crippen molar-refractivity contribution in [2.45, 2.75) is 6.18 Å². The number of aromatic nitrogens is 2. The van der Waals surface area contributed by atoms with Crippen LogP contribution in [0.4, 0.5) is 39.3 Å². The number of carbonyl (C=O) groups excluding carboxylic acids is 1. The third-order valence-corrected chi connectivity index (χ3v) is 5.19. The molecule has 0 aliphatic carbocycles. The largest absolute Gasteiger partial charge is 0.483 e. The highest BCUT2D eigenvalue weighted by Crippen LogP contribution is 2.32. The molecule has 3 aromatic carbocycles. The molecule has 0 bridgehead atoms. The zero-order valence-corrected chi connectivity index (χ0v) is 18.6. The average Bonchev–Trinajstić information content (AvgIpc) is 3.19. The van der Waals surface area contributed by atoms with Gasteiger partial charge in [0.15, 0.2) is 6.61 Å². The second-order valence-electron chi connectivity index (χ2n) is 7.52. The summed E-state index contributed by atoms with van der Waals surface area (Å²) in [5.41, 5.74) is 1.08. The van der Waals surface area contributed by atoms with Crippen LogP contribution in [0.1, 0.15) is 10.4 Å². The van der Waals surface area contributed by atoms with Gasteiger partial charge in [-0.25, -0.2) is 13.8 Å². The number of imidazole rings is 1. The van der Waals surface area contributed by atoms with Gasteiger partial charge in [-0.15, -0.1) is 0 Å². The molecule has 3 N–H and O–H groups in total. The van der Waals surface area contributed by atoms with Gasteiger partial charge in [0.25, 0.3) is 5.91 Å². The minimum absolute atomic E-state index is 0.0933. The molecule has 6 nitrogen and oxygen atoms in total. The molecule has 35 heavy (non-hydrogen) atoms. The number of hydrogen-bond donors (Lipinski definition) is 3. The molecule has 0 spiro atoms. The van der Waals surface area contributed by atoms with Crippen LogP contribution < -0.4 is 20.8 Å². The number of nitrogens with zero attached hydrogens (tertiary/aromatic N) is 1. The molecule has 4 aromatic rings. The summed E-state index contributed by atoms with van der Waals surface area (Å²) in [6, 6.07) is 10.9. The lowest BCUT2D eigenvalue weighted by Gasteiger charge is -2.13. The van der Waals surface area contributed by atoms with Gasteiger partial charge in [-0.2, -0.15) is 13.2 Å². The zero-order valence-electron chi connectivity index (χ0n) is 17.9. The molecule has 1 amide bonds. The van der Waals surface area contributed by atoms with Crippen molar-refractivity contribution in [2.24, 2.45) is 0 Å². The van der Waals surface area contributed by atoms with Gasteiger partial charge in [-0.3, -0.25) is 4.79 Å². The number of alkyl halides is 3. The summed E-state index contributed by atoms with van der Waals surface area (Å²) in [6.45, 7) is -1.63. The lowest BCUT2D eigenvalue weighted by molar-refractivity contribution is -0.153. The quantitative estimate of drug-likeness (QED) is 0.201. The number of amides is 1. The summed E-state index contributed by atoms with van der Waals surface area (Å²) in [5, 5.41) is 4.58. The third-order valence-electron chi connectivity index (χ3n) is 4.82. The van der Waals surface area contributed by atoms with Gasteiger partial charge in [-0.05, 0) is 30.3 Å². The first-order valence-corrected chi connectivity index (χ1v) is 10.4. The van der Waals surface area contributed by atoms with E-state index in [4.69, 9.17) is 16.3 Å². The van der Waals surface area contributed by atoms with Crippen molar-refractivity contribution in [3.05, 3.63) is 70.8 Å². The van der Waals surface area contributed by atoms with Crippen molar-refractivity contribution in [2.75, 3.05) is 17.2 Å². The Morgan fingerprint density at radius 1 is 1.09 bits per heavy atom. The number of hydrogen-bond acceptors (Lipinski definition) is 4. The van der Waals surface area contributed by atoms with Crippen LogP contribution in [0.25, 0.3) is 11.0 Å². The molecule has 0 saturated heterocycles. The van der Waals surface area contributed by atoms with Gasteiger partial charge in [0.2, 0.25) is 5.95 Å². The van der Waals surface area contributed by atoms with Crippen molar-refractivity contribution in [1.29, 1.82) is 0 Å². The smallest absolute Gasteiger partial charge is 0.422 e. The fraction of sp³-hybridized carbons (Fsp3) is 0.0909. The molecule has 4 rings (SSSR count). The van der Waals surface area contributed by atoms with Crippen LogP contribution >= 0.6 is 11.6 Å². The highest BCUT2D eigenvalue weighted by atomic mass is 35.5. The van der Waals surface area contributed by atoms with Gasteiger partial charge in [0, 0.05) is 11.8 Å². The first kappa shape index (κ1) is 24.3. The number of aromatic amines is 1. The van der Waals surface area contributed by atoms with E-state index in [1.54, 1.807) is 24.3 Å². The Labute approximate surface area is 200 Å². The standard InChI is InChI=1S/C22H15BClF5N4O2/c23-10-1-3-11(4-2-10)30-20(34)12-7-15-16(8-17(12)35-9-22(27,28)29)32-21(31-15)33-19-14(26)6-5-13(25)18(19)24/h1-8H,9,23H2,(H,30,34)(H2,31,32,33). The Morgan fingerprint density at radius 3 is 2.46 bits per heavy atom. The van der Waals surface area contributed by atoms with Crippen LogP contribution in [-0.4, -0.2) is 36.5 Å². The molecule has 0 saturated carbocycles. The van der Waals surface area contributed by atoms with Crippen molar-refractivity contribution in [3.63, 3.8) is 0 Å². The SMILES string of the molecule is Bc1ccc(NC(=O)c2cc3nc(Nc4c(F)ccc(F)c4Cl)[nH]c3cc2OCC(F)(F)F)cc1. The second-order valence-corrected chi connectivity index (χ2v) is 7.90. The molecule has 0 radical (unpaired) electrons. The first-order chi connectivity index (χ1) is 16.5. The Balaban J connectivity index is 1.70. The van der Waals surface area contributed by atoms with E-state index in [-0.39, 0.29) is 28.3 Å². The summed E-state index contributed by atoms with van der Waals surface area (Å²) >= 11 is 5.81. The monoisotopic (exact) mass is 508 g/mol. The minimum Gasteiger partial charge on any atom is -0.483 e. The van der Waals surface area contributed by atoms with E-state index in [1.807, 2.05) is 7.85 Å². The molecule has 1 heterocycles. The third kappa shape index (κ3) is 5.65. The number of ether oxygens (including phenoxy) is 1. The van der Waals surface area contributed by atoms with E-state index in [2.05, 4.69) is 20.6 Å². The highest BCUT2D eigenvalue weighted by Gasteiger charge is 2.29. The number of nitrogens with one attached hydrogen (secondary N) is 3. The number of carbonyl (C=O) groups is 1. The van der Waals surface area contributed by atoms with E-state index in [9.17, 15) is 26.7 Å². The molecule has 0 fully saturated rings. The van der Waals surface area contributed by atoms with Gasteiger partial charge in [0.05, 0.1) is 22.3 Å². The van der Waals surface area contributed by atoms with Gasteiger partial charge in [0.1, 0.15) is 30.3 Å². The van der Waals surface area contributed by atoms with Gasteiger partial charge in [-0.1, -0.05) is 29.2 Å². The van der Waals surface area contributed by atoms with Crippen LogP contribution in [0.15, 0.2) is 48.5 Å². The topological polar surface area (TPSA) is 79.0 Å². The lowest BCUT2D eigenvalue weighted by atomic mass is 9.96. The predicted molar refractivity (Wildman–Crippen MR) is 125 cm³/mol. The van der Waals surface area contributed by atoms with E-state index in [1.165, 1.54) is 6.07 Å². The van der Waals surface area contributed by atoms with Crippen molar-refractivity contribution in [1.82, 2.24) is 9.97 Å². The summed E-state index contributed by atoms with van der Waals surface area (Å²) in [6.07, 6.45) is -4.65. The maximum absolute atomic E-state index is 14.1. The lowest BCUT2D eigenvalue weighted by Crippen LogP contribution is -2.21. The second kappa shape index (κ2) is 9.45. The van der Waals surface area contributed by atoms with Gasteiger partial charge < -0.3 is 20.4 Å². The number of H-pyrrole nitrogens is 1. The number of rotatable bonds is 6. The van der Waals surface area contributed by atoms with E-state index in [0.717, 1.165) is 23.7 Å². The van der Waals surface area contributed by atoms with Crippen LogP contribution in [-0.2, 0) is 0 Å². The zero-order chi connectivity index (χ0) is 25.3. The van der Waals surface area contributed by atoms with E-state index < -0.39 is 41.0 Å². The molecule has 0 unspecified atom stereocenters. The average molecular weight is 509 g/mol. The molecule has 0 atom stereocenters. The van der Waals surface area contributed by atoms with Crippen molar-refractivity contribution >= 4 is 59.2 Å². The van der Waals surface area contributed by atoms with Gasteiger partial charge >= 0.3 is 6.18 Å². The number of benzene rings is 3. The Kier molecular flexibility index (Phi) is 6.57. The van der Waals surface area contributed by atoms with Crippen LogP contribution in [0.3, 0.4) is 0 Å². The Morgan fingerprint density at radius 2 is 1.77 bits per heavy atom. The molecule has 0 aliphatic heterocycles. The molecule has 0 aliphatic rings. The molecule has 13 heteroatoms. The summed E-state index contributed by atoms with van der Waals surface area (Å²) < 4.78 is 71.1. The number of anilines is 3. The highest BCUT2D eigenvalue weighted by molar-refractivity contribution is 6.33. The summed E-state index contributed by atoms with van der Waals surface area (Å²) in [4.78, 5) is 19.8. The van der Waals surface area contributed by atoms with E-state index >= 15 is 0 Å². The maximum atomic E-state index is 14.1. The fourth-order valence-electron chi connectivity index (χ4n) is 3.15. The number of halogens is 6. The van der Waals surface area contributed by atoms with Crippen LogP contribution in [0, 0.1) is 11.6 Å². The van der Waals surface area contributed by atoms with Crippen molar-refractivity contribution < 1.29 is 31.5 Å². The van der Waals surface area contributed by atoms with E-state index in [0.29, 0.717) is 5.69 Å².